The van der Waals surface area contributed by atoms with Crippen molar-refractivity contribution in [3.63, 3.8) is 0 Å². The summed E-state index contributed by atoms with van der Waals surface area (Å²) in [5, 5.41) is 4.46. The van der Waals surface area contributed by atoms with E-state index in [1.54, 1.807) is 4.68 Å². The molecule has 0 fully saturated rings. The van der Waals surface area contributed by atoms with E-state index in [2.05, 4.69) is 5.10 Å². The van der Waals surface area contributed by atoms with Gasteiger partial charge in [-0.2, -0.15) is 5.10 Å². The molecule has 0 radical (unpaired) electrons. The molecule has 1 aromatic heterocycles. The second kappa shape index (κ2) is 5.32. The number of aromatic nitrogens is 2. The van der Waals surface area contributed by atoms with Gasteiger partial charge in [-0.1, -0.05) is 12.2 Å². The molecule has 0 unspecified atom stereocenters. The molecule has 2 N–H and O–H groups in total. The number of benzene rings is 1. The summed E-state index contributed by atoms with van der Waals surface area (Å²) in [6.07, 6.45) is 0. The maximum absolute atomic E-state index is 14.2. The average molecular weight is 291 g/mol. The van der Waals surface area contributed by atoms with Gasteiger partial charge >= 0.3 is 0 Å². The summed E-state index contributed by atoms with van der Waals surface area (Å²) < 4.78 is 16.0. The van der Waals surface area contributed by atoms with Crippen LogP contribution in [-0.2, 0) is 6.54 Å². The highest BCUT2D eigenvalue weighted by atomic mass is 32.1. The van der Waals surface area contributed by atoms with E-state index in [1.807, 2.05) is 33.8 Å². The van der Waals surface area contributed by atoms with Crippen LogP contribution in [0.1, 0.15) is 29.3 Å². The number of hydrogen-bond acceptors (Lipinski definition) is 2. The zero-order chi connectivity index (χ0) is 15.0. The van der Waals surface area contributed by atoms with Crippen molar-refractivity contribution in [1.82, 2.24) is 9.78 Å². The standard InChI is InChI=1S/C15H18FN3S/c1-5-19-14(15(17)20)10(4)13(18-19)11-6-8(2)9(3)7-12(11)16/h6-7H,5H2,1-4H3,(H2,17,20). The van der Waals surface area contributed by atoms with Crippen LogP contribution in [-0.4, -0.2) is 14.8 Å². The van der Waals surface area contributed by atoms with E-state index in [0.29, 0.717) is 23.5 Å². The highest BCUT2D eigenvalue weighted by Gasteiger charge is 2.19. The van der Waals surface area contributed by atoms with Crippen LogP contribution in [0.3, 0.4) is 0 Å². The molecule has 0 bridgehead atoms. The molecule has 106 valence electrons. The smallest absolute Gasteiger partial charge is 0.132 e. The maximum atomic E-state index is 14.2. The highest BCUT2D eigenvalue weighted by Crippen LogP contribution is 2.29. The molecule has 0 spiro atoms. The number of halogens is 1. The van der Waals surface area contributed by atoms with Gasteiger partial charge in [0.05, 0.1) is 11.4 Å². The maximum Gasteiger partial charge on any atom is 0.132 e. The summed E-state index contributed by atoms with van der Waals surface area (Å²) in [4.78, 5) is 0.285. The lowest BCUT2D eigenvalue weighted by molar-refractivity contribution is 0.625. The van der Waals surface area contributed by atoms with Crippen LogP contribution in [0.5, 0.6) is 0 Å². The monoisotopic (exact) mass is 291 g/mol. The van der Waals surface area contributed by atoms with Gasteiger partial charge in [-0.15, -0.1) is 0 Å². The Hall–Kier alpha value is -1.75. The summed E-state index contributed by atoms with van der Waals surface area (Å²) in [5.41, 5.74) is 10.3. The van der Waals surface area contributed by atoms with Gasteiger partial charge in [-0.25, -0.2) is 4.39 Å². The van der Waals surface area contributed by atoms with Crippen molar-refractivity contribution in [3.8, 4) is 11.3 Å². The fourth-order valence-corrected chi connectivity index (χ4v) is 2.57. The first-order valence-electron chi connectivity index (χ1n) is 6.51. The molecule has 2 rings (SSSR count). The second-order valence-corrected chi connectivity index (χ2v) is 5.36. The Morgan fingerprint density at radius 2 is 1.90 bits per heavy atom. The van der Waals surface area contributed by atoms with E-state index in [0.717, 1.165) is 16.7 Å². The topological polar surface area (TPSA) is 43.8 Å². The minimum Gasteiger partial charge on any atom is -0.388 e. The Kier molecular flexibility index (Phi) is 3.90. The van der Waals surface area contributed by atoms with Crippen LogP contribution in [0, 0.1) is 26.6 Å². The first-order valence-corrected chi connectivity index (χ1v) is 6.92. The minimum absolute atomic E-state index is 0.272. The fraction of sp³-hybridized carbons (Fsp3) is 0.333. The number of hydrogen-bond donors (Lipinski definition) is 1. The molecule has 3 nitrogen and oxygen atoms in total. The van der Waals surface area contributed by atoms with Gasteiger partial charge in [0.15, 0.2) is 0 Å². The lowest BCUT2D eigenvalue weighted by Gasteiger charge is -2.06. The largest absolute Gasteiger partial charge is 0.388 e. The number of nitrogens with two attached hydrogens (primary N) is 1. The van der Waals surface area contributed by atoms with Gasteiger partial charge in [-0.05, 0) is 51.0 Å². The molecule has 1 heterocycles. The number of rotatable bonds is 3. The molecule has 1 aromatic carbocycles. The third-order valence-corrected chi connectivity index (χ3v) is 3.75. The zero-order valence-corrected chi connectivity index (χ0v) is 12.9. The molecule has 0 amide bonds. The molecule has 0 saturated heterocycles. The van der Waals surface area contributed by atoms with Gasteiger partial charge in [0.1, 0.15) is 10.8 Å². The molecule has 0 saturated carbocycles. The molecule has 0 aliphatic rings. The summed E-state index contributed by atoms with van der Waals surface area (Å²) >= 11 is 5.07. The Bertz CT molecular complexity index is 689. The van der Waals surface area contributed by atoms with E-state index in [9.17, 15) is 4.39 Å². The number of aryl methyl sites for hydroxylation is 3. The van der Waals surface area contributed by atoms with Crippen molar-refractivity contribution >= 4 is 17.2 Å². The van der Waals surface area contributed by atoms with Crippen LogP contribution in [0.4, 0.5) is 4.39 Å². The lowest BCUT2D eigenvalue weighted by Crippen LogP contribution is -2.17. The van der Waals surface area contributed by atoms with Crippen molar-refractivity contribution in [2.24, 2.45) is 5.73 Å². The number of nitrogens with zero attached hydrogens (tertiary/aromatic N) is 2. The van der Waals surface area contributed by atoms with Crippen molar-refractivity contribution < 1.29 is 4.39 Å². The van der Waals surface area contributed by atoms with Crippen LogP contribution >= 0.6 is 12.2 Å². The molecule has 2 aromatic rings. The van der Waals surface area contributed by atoms with E-state index < -0.39 is 0 Å². The molecule has 0 aliphatic heterocycles. The van der Waals surface area contributed by atoms with Gasteiger partial charge in [0.25, 0.3) is 0 Å². The van der Waals surface area contributed by atoms with E-state index in [-0.39, 0.29) is 10.8 Å². The first kappa shape index (κ1) is 14.7. The van der Waals surface area contributed by atoms with Gasteiger partial charge in [-0.3, -0.25) is 4.68 Å². The van der Waals surface area contributed by atoms with Crippen LogP contribution in [0.15, 0.2) is 12.1 Å². The van der Waals surface area contributed by atoms with E-state index in [1.165, 1.54) is 6.07 Å². The summed E-state index contributed by atoms with van der Waals surface area (Å²) in [6.45, 7) is 8.31. The van der Waals surface area contributed by atoms with Gasteiger partial charge in [0, 0.05) is 17.7 Å². The van der Waals surface area contributed by atoms with Gasteiger partial charge in [0.2, 0.25) is 0 Å². The molecule has 20 heavy (non-hydrogen) atoms. The molecule has 5 heteroatoms. The van der Waals surface area contributed by atoms with E-state index in [4.69, 9.17) is 18.0 Å². The zero-order valence-electron chi connectivity index (χ0n) is 12.1. The predicted molar refractivity (Wildman–Crippen MR) is 83.4 cm³/mol. The molecular formula is C15H18FN3S. The van der Waals surface area contributed by atoms with Crippen molar-refractivity contribution in [3.05, 3.63) is 40.3 Å². The van der Waals surface area contributed by atoms with Crippen molar-refractivity contribution in [2.45, 2.75) is 34.2 Å². The fourth-order valence-electron chi connectivity index (χ4n) is 2.31. The SMILES string of the molecule is CCn1nc(-c2cc(C)c(C)cc2F)c(C)c1C(N)=S. The summed E-state index contributed by atoms with van der Waals surface area (Å²) in [5.74, 6) is -0.272. The van der Waals surface area contributed by atoms with Crippen LogP contribution < -0.4 is 5.73 Å². The quantitative estimate of drug-likeness (QED) is 0.883. The number of thiocarbonyl (C=S) groups is 1. The van der Waals surface area contributed by atoms with Crippen LogP contribution in [0.2, 0.25) is 0 Å². The Morgan fingerprint density at radius 1 is 1.30 bits per heavy atom. The predicted octanol–water partition coefficient (Wildman–Crippen LogP) is 3.27. The van der Waals surface area contributed by atoms with Crippen LogP contribution in [0.25, 0.3) is 11.3 Å². The normalized spacial score (nSPS) is 10.8. The Balaban J connectivity index is 2.71. The second-order valence-electron chi connectivity index (χ2n) is 4.92. The summed E-state index contributed by atoms with van der Waals surface area (Å²) in [6, 6.07) is 3.36. The Labute approximate surface area is 123 Å². The summed E-state index contributed by atoms with van der Waals surface area (Å²) in [7, 11) is 0. The molecule has 0 aliphatic carbocycles. The van der Waals surface area contributed by atoms with Crippen molar-refractivity contribution in [2.75, 3.05) is 0 Å². The lowest BCUT2D eigenvalue weighted by atomic mass is 10.0. The third-order valence-electron chi connectivity index (χ3n) is 3.56. The molecule has 0 atom stereocenters. The first-order chi connectivity index (χ1) is 9.36. The minimum atomic E-state index is -0.272. The van der Waals surface area contributed by atoms with Gasteiger partial charge < -0.3 is 5.73 Å². The van der Waals surface area contributed by atoms with E-state index >= 15 is 0 Å². The average Bonchev–Trinajstić information content (AvgIpc) is 2.71. The molecular weight excluding hydrogens is 273 g/mol. The van der Waals surface area contributed by atoms with Crippen molar-refractivity contribution in [1.29, 1.82) is 0 Å². The Morgan fingerprint density at radius 3 is 2.40 bits per heavy atom. The third kappa shape index (κ3) is 2.33. The highest BCUT2D eigenvalue weighted by molar-refractivity contribution is 7.80.